The highest BCUT2D eigenvalue weighted by Crippen LogP contribution is 2.18. The van der Waals surface area contributed by atoms with Crippen LogP contribution in [-0.2, 0) is 9.84 Å². The molecule has 0 radical (unpaired) electrons. The van der Waals surface area contributed by atoms with Gasteiger partial charge in [-0.05, 0) is 37.7 Å². The van der Waals surface area contributed by atoms with E-state index in [1.54, 1.807) is 12.1 Å². The van der Waals surface area contributed by atoms with Gasteiger partial charge in [-0.1, -0.05) is 12.1 Å². The Morgan fingerprint density at radius 2 is 1.88 bits per heavy atom. The molecule has 5 heteroatoms. The minimum Gasteiger partial charge on any atom is -0.330 e. The van der Waals surface area contributed by atoms with Gasteiger partial charge in [0.1, 0.15) is 0 Å². The van der Waals surface area contributed by atoms with Crippen molar-refractivity contribution in [2.45, 2.75) is 17.4 Å². The van der Waals surface area contributed by atoms with Crippen LogP contribution in [0.4, 0.5) is 0 Å². The predicted octanol–water partition coefficient (Wildman–Crippen LogP) is 0.699. The fourth-order valence-corrected chi connectivity index (χ4v) is 2.22. The highest BCUT2D eigenvalue weighted by Gasteiger charge is 2.10. The maximum atomic E-state index is 11.3. The van der Waals surface area contributed by atoms with Crippen molar-refractivity contribution in [2.75, 3.05) is 19.8 Å². The van der Waals surface area contributed by atoms with E-state index in [1.807, 2.05) is 19.2 Å². The lowest BCUT2D eigenvalue weighted by Gasteiger charge is -2.15. The number of nitrogens with one attached hydrogen (secondary N) is 1. The molecule has 0 amide bonds. The van der Waals surface area contributed by atoms with Gasteiger partial charge in [0.15, 0.2) is 9.84 Å². The summed E-state index contributed by atoms with van der Waals surface area (Å²) in [5, 5.41) is 3.15. The zero-order valence-corrected chi connectivity index (χ0v) is 10.4. The molecule has 1 atom stereocenters. The van der Waals surface area contributed by atoms with Gasteiger partial charge >= 0.3 is 0 Å². The summed E-state index contributed by atoms with van der Waals surface area (Å²) in [5.41, 5.74) is 6.56. The number of nitrogens with two attached hydrogens (primary N) is 1. The fourth-order valence-electron chi connectivity index (χ4n) is 1.59. The third-order valence-electron chi connectivity index (χ3n) is 2.51. The summed E-state index contributed by atoms with van der Waals surface area (Å²) in [5.74, 6) is 0. The minimum absolute atomic E-state index is 0.179. The molecule has 1 aromatic carbocycles. The van der Waals surface area contributed by atoms with Gasteiger partial charge < -0.3 is 11.1 Å². The monoisotopic (exact) mass is 242 g/mol. The van der Waals surface area contributed by atoms with Gasteiger partial charge in [0.05, 0.1) is 4.90 Å². The third-order valence-corrected chi connectivity index (χ3v) is 3.64. The van der Waals surface area contributed by atoms with Crippen molar-refractivity contribution in [1.82, 2.24) is 5.32 Å². The molecule has 1 aromatic rings. The number of hydrogen-bond acceptors (Lipinski definition) is 4. The summed E-state index contributed by atoms with van der Waals surface area (Å²) in [6.45, 7) is 0.597. The molecule has 0 saturated carbocycles. The zero-order valence-electron chi connectivity index (χ0n) is 9.60. The molecule has 0 aliphatic rings. The SMILES string of the molecule is CNC(CCN)c1ccc(S(C)(=O)=O)cc1. The zero-order chi connectivity index (χ0) is 12.2. The topological polar surface area (TPSA) is 72.2 Å². The first-order chi connectivity index (χ1) is 7.49. The smallest absolute Gasteiger partial charge is 0.175 e. The molecule has 0 heterocycles. The van der Waals surface area contributed by atoms with Crippen molar-refractivity contribution in [3.05, 3.63) is 29.8 Å². The molecule has 16 heavy (non-hydrogen) atoms. The van der Waals surface area contributed by atoms with E-state index in [9.17, 15) is 8.42 Å². The van der Waals surface area contributed by atoms with E-state index in [0.29, 0.717) is 11.4 Å². The van der Waals surface area contributed by atoms with Crippen molar-refractivity contribution in [2.24, 2.45) is 5.73 Å². The van der Waals surface area contributed by atoms with Crippen LogP contribution in [0, 0.1) is 0 Å². The van der Waals surface area contributed by atoms with Crippen LogP contribution < -0.4 is 11.1 Å². The number of hydrogen-bond donors (Lipinski definition) is 2. The van der Waals surface area contributed by atoms with E-state index in [1.165, 1.54) is 6.26 Å². The Kier molecular flexibility index (Phi) is 4.46. The van der Waals surface area contributed by atoms with Gasteiger partial charge in [-0.15, -0.1) is 0 Å². The molecule has 0 aliphatic heterocycles. The van der Waals surface area contributed by atoms with E-state index in [0.717, 1.165) is 12.0 Å². The average Bonchev–Trinajstić information content (AvgIpc) is 2.25. The maximum absolute atomic E-state index is 11.3. The second kappa shape index (κ2) is 5.43. The van der Waals surface area contributed by atoms with Crippen LogP contribution >= 0.6 is 0 Å². The molecule has 0 fully saturated rings. The number of benzene rings is 1. The van der Waals surface area contributed by atoms with Crippen LogP contribution in [0.5, 0.6) is 0 Å². The summed E-state index contributed by atoms with van der Waals surface area (Å²) in [7, 11) is -1.24. The molecule has 3 N–H and O–H groups in total. The fraction of sp³-hybridized carbons (Fsp3) is 0.455. The molecule has 1 rings (SSSR count). The molecule has 0 aromatic heterocycles. The molecular formula is C11H18N2O2S. The van der Waals surface area contributed by atoms with Gasteiger partial charge in [0.2, 0.25) is 0 Å². The van der Waals surface area contributed by atoms with Crippen LogP contribution in [0.2, 0.25) is 0 Å². The first-order valence-electron chi connectivity index (χ1n) is 5.16. The third kappa shape index (κ3) is 3.30. The number of sulfone groups is 1. The van der Waals surface area contributed by atoms with Gasteiger partial charge in [-0.2, -0.15) is 0 Å². The Hall–Kier alpha value is -0.910. The molecular weight excluding hydrogens is 224 g/mol. The molecule has 0 aliphatic carbocycles. The minimum atomic E-state index is -3.11. The van der Waals surface area contributed by atoms with Crippen molar-refractivity contribution in [3.8, 4) is 0 Å². The number of rotatable bonds is 5. The maximum Gasteiger partial charge on any atom is 0.175 e. The Morgan fingerprint density at radius 1 is 1.31 bits per heavy atom. The summed E-state index contributed by atoms with van der Waals surface area (Å²) >= 11 is 0. The highest BCUT2D eigenvalue weighted by molar-refractivity contribution is 7.90. The molecule has 4 nitrogen and oxygen atoms in total. The van der Waals surface area contributed by atoms with E-state index < -0.39 is 9.84 Å². The van der Waals surface area contributed by atoms with Crippen molar-refractivity contribution in [3.63, 3.8) is 0 Å². The largest absolute Gasteiger partial charge is 0.330 e. The van der Waals surface area contributed by atoms with Gasteiger partial charge in [0, 0.05) is 12.3 Å². The Morgan fingerprint density at radius 3 is 2.25 bits per heavy atom. The van der Waals surface area contributed by atoms with E-state index >= 15 is 0 Å². The molecule has 0 saturated heterocycles. The summed E-state index contributed by atoms with van der Waals surface area (Å²) < 4.78 is 22.5. The van der Waals surface area contributed by atoms with Crippen LogP contribution in [0.3, 0.4) is 0 Å². The van der Waals surface area contributed by atoms with Crippen molar-refractivity contribution >= 4 is 9.84 Å². The van der Waals surface area contributed by atoms with Gasteiger partial charge in [0.25, 0.3) is 0 Å². The lowest BCUT2D eigenvalue weighted by atomic mass is 10.0. The molecule has 0 bridgehead atoms. The second-order valence-electron chi connectivity index (χ2n) is 3.76. The van der Waals surface area contributed by atoms with Crippen LogP contribution in [-0.4, -0.2) is 28.3 Å². The van der Waals surface area contributed by atoms with E-state index in [4.69, 9.17) is 5.73 Å². The lowest BCUT2D eigenvalue weighted by Crippen LogP contribution is -2.19. The second-order valence-corrected chi connectivity index (χ2v) is 5.78. The Labute approximate surface area is 96.8 Å². The first kappa shape index (κ1) is 13.2. The van der Waals surface area contributed by atoms with E-state index in [2.05, 4.69) is 5.32 Å². The van der Waals surface area contributed by atoms with E-state index in [-0.39, 0.29) is 6.04 Å². The van der Waals surface area contributed by atoms with Gasteiger partial charge in [-0.3, -0.25) is 0 Å². The van der Waals surface area contributed by atoms with Crippen molar-refractivity contribution in [1.29, 1.82) is 0 Å². The normalized spacial score (nSPS) is 13.7. The van der Waals surface area contributed by atoms with Crippen LogP contribution in [0.25, 0.3) is 0 Å². The summed E-state index contributed by atoms with van der Waals surface area (Å²) in [6, 6.07) is 7.09. The molecule has 0 spiro atoms. The van der Waals surface area contributed by atoms with Gasteiger partial charge in [-0.25, -0.2) is 8.42 Å². The standard InChI is InChI=1S/C11H18N2O2S/c1-13-11(7-8-12)9-3-5-10(6-4-9)16(2,14)15/h3-6,11,13H,7-8,12H2,1-2H3. The predicted molar refractivity (Wildman–Crippen MR) is 65.0 cm³/mol. The Bertz CT molecular complexity index is 426. The molecule has 90 valence electrons. The average molecular weight is 242 g/mol. The lowest BCUT2D eigenvalue weighted by molar-refractivity contribution is 0.556. The van der Waals surface area contributed by atoms with Crippen molar-refractivity contribution < 1.29 is 8.42 Å². The summed E-state index contributed by atoms with van der Waals surface area (Å²) in [6.07, 6.45) is 2.03. The Balaban J connectivity index is 2.93. The quantitative estimate of drug-likeness (QED) is 0.797. The highest BCUT2D eigenvalue weighted by atomic mass is 32.2. The van der Waals surface area contributed by atoms with Crippen LogP contribution in [0.1, 0.15) is 18.0 Å². The molecule has 1 unspecified atom stereocenters. The first-order valence-corrected chi connectivity index (χ1v) is 7.05. The van der Waals surface area contributed by atoms with Crippen LogP contribution in [0.15, 0.2) is 29.2 Å². The summed E-state index contributed by atoms with van der Waals surface area (Å²) in [4.78, 5) is 0.346.